The van der Waals surface area contributed by atoms with Crippen molar-refractivity contribution >= 4 is 33.4 Å². The minimum Gasteiger partial charge on any atom is -0.497 e. The van der Waals surface area contributed by atoms with Crippen LogP contribution in [0, 0.1) is 0 Å². The molecule has 0 bridgehead atoms. The first-order valence-corrected chi connectivity index (χ1v) is 8.25. The summed E-state index contributed by atoms with van der Waals surface area (Å²) in [5.41, 5.74) is 2.56. The van der Waals surface area contributed by atoms with Gasteiger partial charge in [0.15, 0.2) is 0 Å². The summed E-state index contributed by atoms with van der Waals surface area (Å²) in [5.74, 6) is 0.865. The van der Waals surface area contributed by atoms with Crippen LogP contribution in [0.3, 0.4) is 0 Å². The molecule has 20 heavy (non-hydrogen) atoms. The SMILES string of the molecule is COc1cc(Br)cc(NCC2Cc3ccccc3S2)c1. The van der Waals surface area contributed by atoms with Gasteiger partial charge < -0.3 is 10.1 Å². The molecule has 0 fully saturated rings. The first kappa shape index (κ1) is 13.8. The van der Waals surface area contributed by atoms with Gasteiger partial charge in [0, 0.05) is 32.9 Å². The van der Waals surface area contributed by atoms with E-state index in [1.165, 1.54) is 10.5 Å². The van der Waals surface area contributed by atoms with Crippen LogP contribution in [-0.2, 0) is 6.42 Å². The van der Waals surface area contributed by atoms with E-state index in [0.29, 0.717) is 5.25 Å². The highest BCUT2D eigenvalue weighted by molar-refractivity contribution is 9.10. The Kier molecular flexibility index (Phi) is 4.22. The fourth-order valence-electron chi connectivity index (χ4n) is 2.38. The average Bonchev–Trinajstić information content (AvgIpc) is 2.87. The second-order valence-corrected chi connectivity index (χ2v) is 7.07. The Labute approximate surface area is 132 Å². The summed E-state index contributed by atoms with van der Waals surface area (Å²) in [6.45, 7) is 0.957. The van der Waals surface area contributed by atoms with Crippen molar-refractivity contribution in [2.75, 3.05) is 19.0 Å². The molecule has 0 saturated heterocycles. The number of rotatable bonds is 4. The van der Waals surface area contributed by atoms with E-state index in [0.717, 1.165) is 28.9 Å². The summed E-state index contributed by atoms with van der Waals surface area (Å²) in [6.07, 6.45) is 1.14. The van der Waals surface area contributed by atoms with E-state index in [1.54, 1.807) is 7.11 Å². The van der Waals surface area contributed by atoms with Gasteiger partial charge in [-0.3, -0.25) is 0 Å². The highest BCUT2D eigenvalue weighted by atomic mass is 79.9. The number of anilines is 1. The molecule has 104 valence electrons. The molecule has 3 rings (SSSR count). The van der Waals surface area contributed by atoms with Crippen molar-refractivity contribution in [2.24, 2.45) is 0 Å². The van der Waals surface area contributed by atoms with Crippen molar-refractivity contribution in [3.63, 3.8) is 0 Å². The monoisotopic (exact) mass is 349 g/mol. The van der Waals surface area contributed by atoms with Crippen LogP contribution < -0.4 is 10.1 Å². The molecular formula is C16H16BrNOS. The number of hydrogen-bond donors (Lipinski definition) is 1. The highest BCUT2D eigenvalue weighted by Gasteiger charge is 2.21. The van der Waals surface area contributed by atoms with Crippen molar-refractivity contribution in [2.45, 2.75) is 16.6 Å². The van der Waals surface area contributed by atoms with E-state index in [1.807, 2.05) is 23.9 Å². The summed E-state index contributed by atoms with van der Waals surface area (Å²) in [6, 6.07) is 14.7. The van der Waals surface area contributed by atoms with E-state index in [2.05, 4.69) is 51.6 Å². The summed E-state index contributed by atoms with van der Waals surface area (Å²) in [5, 5.41) is 4.10. The quantitative estimate of drug-likeness (QED) is 0.872. The number of fused-ring (bicyclic) bond motifs is 1. The van der Waals surface area contributed by atoms with Crippen LogP contribution in [0.15, 0.2) is 51.8 Å². The number of benzene rings is 2. The molecule has 1 aliphatic heterocycles. The summed E-state index contributed by atoms with van der Waals surface area (Å²) in [4.78, 5) is 1.42. The number of methoxy groups -OCH3 is 1. The van der Waals surface area contributed by atoms with Crippen LogP contribution in [0.1, 0.15) is 5.56 Å². The Morgan fingerprint density at radius 2 is 2.15 bits per heavy atom. The molecule has 4 heteroatoms. The van der Waals surface area contributed by atoms with E-state index in [-0.39, 0.29) is 0 Å². The molecule has 0 spiro atoms. The van der Waals surface area contributed by atoms with Gasteiger partial charge in [-0.15, -0.1) is 11.8 Å². The molecule has 0 aliphatic carbocycles. The smallest absolute Gasteiger partial charge is 0.122 e. The molecular weight excluding hydrogens is 334 g/mol. The topological polar surface area (TPSA) is 21.3 Å². The standard InChI is InChI=1S/C16H16BrNOS/c1-19-14-8-12(17)7-13(9-14)18-10-15-6-11-4-2-3-5-16(11)20-15/h2-5,7-9,15,18H,6,10H2,1H3. The van der Waals surface area contributed by atoms with Gasteiger partial charge in [0.1, 0.15) is 5.75 Å². The van der Waals surface area contributed by atoms with E-state index in [9.17, 15) is 0 Å². The van der Waals surface area contributed by atoms with Crippen molar-refractivity contribution in [3.8, 4) is 5.75 Å². The maximum Gasteiger partial charge on any atom is 0.122 e. The Balaban J connectivity index is 1.63. The van der Waals surface area contributed by atoms with Crippen molar-refractivity contribution in [1.29, 1.82) is 0 Å². The minimum atomic E-state index is 0.595. The maximum absolute atomic E-state index is 5.28. The number of thioether (sulfide) groups is 1. The van der Waals surface area contributed by atoms with Gasteiger partial charge in [-0.1, -0.05) is 34.1 Å². The average molecular weight is 350 g/mol. The van der Waals surface area contributed by atoms with Crippen LogP contribution in [0.2, 0.25) is 0 Å². The predicted octanol–water partition coefficient (Wildman–Crippen LogP) is 4.59. The van der Waals surface area contributed by atoms with Gasteiger partial charge in [0.25, 0.3) is 0 Å². The molecule has 1 unspecified atom stereocenters. The lowest BCUT2D eigenvalue weighted by atomic mass is 10.1. The van der Waals surface area contributed by atoms with Gasteiger partial charge in [0.05, 0.1) is 7.11 Å². The van der Waals surface area contributed by atoms with E-state index < -0.39 is 0 Å². The van der Waals surface area contributed by atoms with E-state index in [4.69, 9.17) is 4.74 Å². The Hall–Kier alpha value is -1.13. The van der Waals surface area contributed by atoms with Gasteiger partial charge >= 0.3 is 0 Å². The van der Waals surface area contributed by atoms with Crippen LogP contribution >= 0.6 is 27.7 Å². The van der Waals surface area contributed by atoms with Crippen LogP contribution in [0.4, 0.5) is 5.69 Å². The van der Waals surface area contributed by atoms with Crippen LogP contribution in [-0.4, -0.2) is 18.9 Å². The van der Waals surface area contributed by atoms with Gasteiger partial charge in [-0.2, -0.15) is 0 Å². The normalized spacial score (nSPS) is 16.8. The second-order valence-electron chi connectivity index (χ2n) is 4.81. The molecule has 2 nitrogen and oxygen atoms in total. The third-order valence-corrected chi connectivity index (χ3v) is 5.13. The predicted molar refractivity (Wildman–Crippen MR) is 89.0 cm³/mol. The number of halogens is 1. The zero-order valence-corrected chi connectivity index (χ0v) is 13.6. The second kappa shape index (κ2) is 6.10. The summed E-state index contributed by atoms with van der Waals surface area (Å²) in [7, 11) is 1.69. The van der Waals surface area contributed by atoms with E-state index >= 15 is 0 Å². The molecule has 1 aliphatic rings. The fourth-order valence-corrected chi connectivity index (χ4v) is 4.10. The Morgan fingerprint density at radius 1 is 1.30 bits per heavy atom. The first-order chi connectivity index (χ1) is 9.74. The largest absolute Gasteiger partial charge is 0.497 e. The molecule has 1 atom stereocenters. The Morgan fingerprint density at radius 3 is 2.95 bits per heavy atom. The number of ether oxygens (including phenoxy) is 1. The van der Waals surface area contributed by atoms with Crippen LogP contribution in [0.25, 0.3) is 0 Å². The van der Waals surface area contributed by atoms with Crippen molar-refractivity contribution in [3.05, 3.63) is 52.5 Å². The molecule has 0 saturated carbocycles. The van der Waals surface area contributed by atoms with Gasteiger partial charge in [-0.05, 0) is 30.2 Å². The molecule has 0 amide bonds. The first-order valence-electron chi connectivity index (χ1n) is 6.57. The summed E-state index contributed by atoms with van der Waals surface area (Å²) >= 11 is 5.47. The van der Waals surface area contributed by atoms with Crippen LogP contribution in [0.5, 0.6) is 5.75 Å². The minimum absolute atomic E-state index is 0.595. The molecule has 2 aromatic rings. The number of hydrogen-bond acceptors (Lipinski definition) is 3. The number of nitrogens with one attached hydrogen (secondary N) is 1. The fraction of sp³-hybridized carbons (Fsp3) is 0.250. The third-order valence-electron chi connectivity index (χ3n) is 3.35. The third kappa shape index (κ3) is 3.13. The molecule has 0 aromatic heterocycles. The van der Waals surface area contributed by atoms with Crippen molar-refractivity contribution in [1.82, 2.24) is 0 Å². The molecule has 2 aromatic carbocycles. The molecule has 0 radical (unpaired) electrons. The van der Waals surface area contributed by atoms with Gasteiger partial charge in [0.2, 0.25) is 0 Å². The lowest BCUT2D eigenvalue weighted by Gasteiger charge is -2.12. The summed E-state index contributed by atoms with van der Waals surface area (Å²) < 4.78 is 6.31. The zero-order valence-electron chi connectivity index (χ0n) is 11.2. The molecule has 1 heterocycles. The maximum atomic E-state index is 5.28. The van der Waals surface area contributed by atoms with Crippen molar-refractivity contribution < 1.29 is 4.74 Å². The zero-order chi connectivity index (χ0) is 13.9. The Bertz CT molecular complexity index is 592. The van der Waals surface area contributed by atoms with Gasteiger partial charge in [-0.25, -0.2) is 0 Å². The molecule has 1 N–H and O–H groups in total. The lowest BCUT2D eigenvalue weighted by molar-refractivity contribution is 0.414. The lowest BCUT2D eigenvalue weighted by Crippen LogP contribution is -2.15. The highest BCUT2D eigenvalue weighted by Crippen LogP contribution is 2.37.